The van der Waals surface area contributed by atoms with Crippen LogP contribution in [-0.4, -0.2) is 40.7 Å². The molecule has 0 aliphatic rings. The van der Waals surface area contributed by atoms with Crippen molar-refractivity contribution in [3.05, 3.63) is 52.3 Å². The molecular weight excluding hydrogens is 384 g/mol. The third kappa shape index (κ3) is 5.68. The van der Waals surface area contributed by atoms with Crippen molar-refractivity contribution in [1.29, 1.82) is 0 Å². The molecule has 0 aliphatic carbocycles. The van der Waals surface area contributed by atoms with E-state index in [9.17, 15) is 14.4 Å². The van der Waals surface area contributed by atoms with Crippen LogP contribution >= 0.6 is 11.6 Å². The van der Waals surface area contributed by atoms with Gasteiger partial charge in [0.15, 0.2) is 6.61 Å². The molecule has 0 unspecified atom stereocenters. The highest BCUT2D eigenvalue weighted by molar-refractivity contribution is 6.31. The van der Waals surface area contributed by atoms with Gasteiger partial charge in [-0.15, -0.1) is 0 Å². The number of benzene rings is 1. The summed E-state index contributed by atoms with van der Waals surface area (Å²) < 4.78 is 6.40. The zero-order valence-corrected chi connectivity index (χ0v) is 16.5. The molecule has 1 aromatic carbocycles. The second-order valence-electron chi connectivity index (χ2n) is 5.84. The van der Waals surface area contributed by atoms with E-state index in [4.69, 9.17) is 16.3 Å². The largest absolute Gasteiger partial charge is 0.452 e. The summed E-state index contributed by atoms with van der Waals surface area (Å²) in [4.78, 5) is 35.6. The van der Waals surface area contributed by atoms with Gasteiger partial charge in [0.05, 0.1) is 5.69 Å². The van der Waals surface area contributed by atoms with Gasteiger partial charge >= 0.3 is 5.97 Å². The molecule has 1 heterocycles. The lowest BCUT2D eigenvalue weighted by atomic mass is 10.2. The maximum absolute atomic E-state index is 12.0. The summed E-state index contributed by atoms with van der Waals surface area (Å²) in [7, 11) is 1.69. The van der Waals surface area contributed by atoms with Gasteiger partial charge in [0.2, 0.25) is 0 Å². The zero-order valence-electron chi connectivity index (χ0n) is 15.8. The summed E-state index contributed by atoms with van der Waals surface area (Å²) in [6, 6.07) is 6.46. The molecule has 148 valence electrons. The van der Waals surface area contributed by atoms with Crippen LogP contribution in [0.3, 0.4) is 0 Å². The number of aromatic nitrogens is 2. The van der Waals surface area contributed by atoms with E-state index in [1.807, 2.05) is 6.92 Å². The predicted molar refractivity (Wildman–Crippen MR) is 106 cm³/mol. The third-order valence-electron chi connectivity index (χ3n) is 3.67. The quantitative estimate of drug-likeness (QED) is 0.544. The Balaban J connectivity index is 1.88. The molecule has 0 saturated carbocycles. The molecule has 2 amide bonds. The van der Waals surface area contributed by atoms with Crippen LogP contribution in [0.15, 0.2) is 30.3 Å². The first-order valence-corrected chi connectivity index (χ1v) is 8.91. The van der Waals surface area contributed by atoms with Crippen LogP contribution < -0.4 is 10.6 Å². The SMILES string of the molecule is CCNC(=O)c1cccc(NC(=O)COC(=O)/C=C/c2c(C)nn(C)c2Cl)c1. The summed E-state index contributed by atoms with van der Waals surface area (Å²) in [5.41, 5.74) is 2.12. The number of nitrogens with one attached hydrogen (secondary N) is 2. The van der Waals surface area contributed by atoms with Crippen molar-refractivity contribution >= 4 is 41.1 Å². The van der Waals surface area contributed by atoms with E-state index in [0.717, 1.165) is 0 Å². The maximum atomic E-state index is 12.0. The second-order valence-corrected chi connectivity index (χ2v) is 6.20. The molecule has 0 bridgehead atoms. The molecule has 1 aromatic heterocycles. The van der Waals surface area contributed by atoms with Gasteiger partial charge in [0.25, 0.3) is 11.8 Å². The molecule has 9 heteroatoms. The fourth-order valence-electron chi connectivity index (χ4n) is 2.37. The van der Waals surface area contributed by atoms with E-state index in [2.05, 4.69) is 15.7 Å². The van der Waals surface area contributed by atoms with Gasteiger partial charge < -0.3 is 15.4 Å². The minimum absolute atomic E-state index is 0.237. The van der Waals surface area contributed by atoms with E-state index in [0.29, 0.717) is 34.2 Å². The van der Waals surface area contributed by atoms with Gasteiger partial charge in [-0.2, -0.15) is 5.10 Å². The van der Waals surface area contributed by atoms with Crippen LogP contribution in [0.5, 0.6) is 0 Å². The molecule has 0 spiro atoms. The molecule has 2 rings (SSSR count). The van der Waals surface area contributed by atoms with Crippen molar-refractivity contribution in [1.82, 2.24) is 15.1 Å². The Hall–Kier alpha value is -3.13. The molecular formula is C19H21ClN4O4. The van der Waals surface area contributed by atoms with E-state index in [1.54, 1.807) is 32.2 Å². The van der Waals surface area contributed by atoms with Crippen molar-refractivity contribution in [2.45, 2.75) is 13.8 Å². The van der Waals surface area contributed by atoms with Crippen LogP contribution in [0.4, 0.5) is 5.69 Å². The predicted octanol–water partition coefficient (Wildman–Crippen LogP) is 2.33. The first-order valence-electron chi connectivity index (χ1n) is 8.53. The molecule has 0 aliphatic heterocycles. The van der Waals surface area contributed by atoms with Gasteiger partial charge in [0, 0.05) is 36.5 Å². The number of rotatable bonds is 7. The van der Waals surface area contributed by atoms with Crippen molar-refractivity contribution in [2.75, 3.05) is 18.5 Å². The Bertz CT molecular complexity index is 921. The lowest BCUT2D eigenvalue weighted by Crippen LogP contribution is -2.23. The Labute approximate surface area is 167 Å². The van der Waals surface area contributed by atoms with Gasteiger partial charge in [-0.05, 0) is 38.1 Å². The highest BCUT2D eigenvalue weighted by Crippen LogP contribution is 2.20. The van der Waals surface area contributed by atoms with Gasteiger partial charge in [-0.1, -0.05) is 17.7 Å². The molecule has 2 N–H and O–H groups in total. The lowest BCUT2D eigenvalue weighted by molar-refractivity contribution is -0.142. The normalized spacial score (nSPS) is 10.7. The number of hydrogen-bond donors (Lipinski definition) is 2. The van der Waals surface area contributed by atoms with E-state index >= 15 is 0 Å². The van der Waals surface area contributed by atoms with E-state index in [1.165, 1.54) is 22.9 Å². The summed E-state index contributed by atoms with van der Waals surface area (Å²) in [6.07, 6.45) is 2.67. The van der Waals surface area contributed by atoms with Gasteiger partial charge in [-0.25, -0.2) is 4.79 Å². The Morgan fingerprint density at radius 2 is 2.07 bits per heavy atom. The van der Waals surface area contributed by atoms with Crippen LogP contribution in [-0.2, 0) is 21.4 Å². The zero-order chi connectivity index (χ0) is 20.7. The molecule has 0 atom stereocenters. The number of esters is 1. The molecule has 0 radical (unpaired) electrons. The second kappa shape index (κ2) is 9.70. The minimum Gasteiger partial charge on any atom is -0.452 e. The summed E-state index contributed by atoms with van der Waals surface area (Å²) >= 11 is 6.07. The van der Waals surface area contributed by atoms with E-state index < -0.39 is 18.5 Å². The van der Waals surface area contributed by atoms with Crippen LogP contribution in [0.1, 0.15) is 28.5 Å². The number of carbonyl (C=O) groups excluding carboxylic acids is 3. The molecule has 28 heavy (non-hydrogen) atoms. The Morgan fingerprint density at radius 3 is 2.71 bits per heavy atom. The number of nitrogens with zero attached hydrogens (tertiary/aromatic N) is 2. The lowest BCUT2D eigenvalue weighted by Gasteiger charge is -2.07. The van der Waals surface area contributed by atoms with E-state index in [-0.39, 0.29) is 5.91 Å². The molecule has 2 aromatic rings. The van der Waals surface area contributed by atoms with Crippen molar-refractivity contribution in [3.63, 3.8) is 0 Å². The fourth-order valence-corrected chi connectivity index (χ4v) is 2.61. The first-order chi connectivity index (χ1) is 13.3. The molecule has 0 fully saturated rings. The summed E-state index contributed by atoms with van der Waals surface area (Å²) in [5.74, 6) is -1.45. The fraction of sp³-hybridized carbons (Fsp3) is 0.263. The average molecular weight is 405 g/mol. The topological polar surface area (TPSA) is 102 Å². The monoisotopic (exact) mass is 404 g/mol. The minimum atomic E-state index is -0.689. The van der Waals surface area contributed by atoms with Crippen LogP contribution in [0.2, 0.25) is 5.15 Å². The highest BCUT2D eigenvalue weighted by atomic mass is 35.5. The number of aryl methyl sites for hydroxylation is 2. The number of anilines is 1. The smallest absolute Gasteiger partial charge is 0.331 e. The highest BCUT2D eigenvalue weighted by Gasteiger charge is 2.11. The van der Waals surface area contributed by atoms with Crippen LogP contribution in [0, 0.1) is 6.92 Å². The average Bonchev–Trinajstić information content (AvgIpc) is 2.90. The third-order valence-corrected chi connectivity index (χ3v) is 4.12. The number of halogens is 1. The maximum Gasteiger partial charge on any atom is 0.331 e. The number of carbonyl (C=O) groups is 3. The molecule has 8 nitrogen and oxygen atoms in total. The molecule has 0 saturated heterocycles. The van der Waals surface area contributed by atoms with Crippen LogP contribution in [0.25, 0.3) is 6.08 Å². The number of amides is 2. The van der Waals surface area contributed by atoms with Crippen molar-refractivity contribution < 1.29 is 19.1 Å². The first kappa shape index (κ1) is 21.2. The Morgan fingerprint density at radius 1 is 1.32 bits per heavy atom. The number of hydrogen-bond acceptors (Lipinski definition) is 5. The van der Waals surface area contributed by atoms with Crippen molar-refractivity contribution in [2.24, 2.45) is 7.05 Å². The van der Waals surface area contributed by atoms with Gasteiger partial charge in [0.1, 0.15) is 5.15 Å². The standard InChI is InChI=1S/C19H21ClN4O4/c1-4-21-19(27)13-6-5-7-14(10-13)22-16(25)11-28-17(26)9-8-15-12(2)23-24(3)18(15)20/h5-10H,4,11H2,1-3H3,(H,21,27)(H,22,25)/b9-8+. The van der Waals surface area contributed by atoms with Crippen molar-refractivity contribution in [3.8, 4) is 0 Å². The number of ether oxygens (including phenoxy) is 1. The summed E-state index contributed by atoms with van der Waals surface area (Å²) in [5, 5.41) is 9.77. The van der Waals surface area contributed by atoms with Gasteiger partial charge in [-0.3, -0.25) is 14.3 Å². The summed E-state index contributed by atoms with van der Waals surface area (Å²) in [6.45, 7) is 3.62. The Kier molecular flexibility index (Phi) is 7.34.